The number of carboxylic acid groups (broad SMARTS) is 1. The number of carboxylic acids is 1. The number of sulfonamides is 1. The molecule has 2 atom stereocenters. The molecule has 0 unspecified atom stereocenters. The van der Waals surface area contributed by atoms with Gasteiger partial charge in [0.15, 0.2) is 0 Å². The summed E-state index contributed by atoms with van der Waals surface area (Å²) >= 11 is 0. The van der Waals surface area contributed by atoms with Gasteiger partial charge in [-0.1, -0.05) is 0 Å². The number of aromatic nitrogens is 2. The van der Waals surface area contributed by atoms with Crippen LogP contribution in [0.4, 0.5) is 0 Å². The van der Waals surface area contributed by atoms with Crippen LogP contribution in [0.3, 0.4) is 0 Å². The highest BCUT2D eigenvalue weighted by Crippen LogP contribution is 2.49. The number of hydrogen-bond acceptors (Lipinski definition) is 4. The molecule has 0 radical (unpaired) electrons. The van der Waals surface area contributed by atoms with Gasteiger partial charge in [0.05, 0.1) is 6.20 Å². The third kappa shape index (κ3) is 2.89. The summed E-state index contributed by atoms with van der Waals surface area (Å²) in [4.78, 5) is 10.8. The van der Waals surface area contributed by atoms with Crippen LogP contribution in [0, 0.1) is 17.8 Å². The lowest BCUT2D eigenvalue weighted by Crippen LogP contribution is -2.36. The average Bonchev–Trinajstić information content (AvgIpc) is 3.41. The second-order valence-electron chi connectivity index (χ2n) is 7.08. The third-order valence-corrected chi connectivity index (χ3v) is 7.14. The molecular weight excluding hydrogens is 318 g/mol. The van der Waals surface area contributed by atoms with Gasteiger partial charge in [-0.15, -0.1) is 0 Å². The first kappa shape index (κ1) is 15.1. The Labute approximate surface area is 135 Å². The molecule has 0 spiro atoms. The van der Waals surface area contributed by atoms with Crippen LogP contribution in [0.1, 0.15) is 32.1 Å². The normalized spacial score (nSPS) is 29.0. The molecule has 2 heterocycles. The first-order valence-electron chi connectivity index (χ1n) is 8.21. The average molecular weight is 339 g/mol. The van der Waals surface area contributed by atoms with E-state index >= 15 is 0 Å². The van der Waals surface area contributed by atoms with Gasteiger partial charge >= 0.3 is 5.97 Å². The van der Waals surface area contributed by atoms with Crippen molar-refractivity contribution in [3.63, 3.8) is 0 Å². The quantitative estimate of drug-likeness (QED) is 0.840. The van der Waals surface area contributed by atoms with E-state index < -0.39 is 16.0 Å². The smallest absolute Gasteiger partial charge is 0.325 e. The Balaban J connectivity index is 1.58. The molecule has 3 fully saturated rings. The van der Waals surface area contributed by atoms with Crippen molar-refractivity contribution < 1.29 is 18.3 Å². The van der Waals surface area contributed by atoms with Crippen LogP contribution in [-0.4, -0.2) is 46.2 Å². The van der Waals surface area contributed by atoms with Crippen LogP contribution < -0.4 is 0 Å². The Bertz CT molecular complexity index is 721. The molecule has 3 aliphatic rings. The predicted molar refractivity (Wildman–Crippen MR) is 81.1 cm³/mol. The van der Waals surface area contributed by atoms with Crippen molar-refractivity contribution in [2.45, 2.75) is 49.6 Å². The summed E-state index contributed by atoms with van der Waals surface area (Å²) in [6.07, 6.45) is 8.28. The molecule has 0 amide bonds. The number of nitrogens with zero attached hydrogens (tertiary/aromatic N) is 3. The van der Waals surface area contributed by atoms with Crippen molar-refractivity contribution in [3.05, 3.63) is 12.4 Å². The van der Waals surface area contributed by atoms with Crippen LogP contribution in [0.25, 0.3) is 0 Å². The summed E-state index contributed by atoms with van der Waals surface area (Å²) in [5.41, 5.74) is 0. The van der Waals surface area contributed by atoms with Gasteiger partial charge in [0.25, 0.3) is 0 Å². The fraction of sp³-hybridized carbons (Fsp3) is 0.733. The zero-order valence-corrected chi connectivity index (χ0v) is 13.7. The SMILES string of the molecule is O=C(O)Cn1cc(S(=O)(=O)N2C[C@H](C3CC3)C[C@@H]2C2CC2)cn1. The second kappa shape index (κ2) is 5.31. The van der Waals surface area contributed by atoms with Gasteiger partial charge in [0, 0.05) is 18.8 Å². The van der Waals surface area contributed by atoms with E-state index in [2.05, 4.69) is 5.10 Å². The topological polar surface area (TPSA) is 92.5 Å². The van der Waals surface area contributed by atoms with E-state index in [0.717, 1.165) is 23.9 Å². The predicted octanol–water partition coefficient (Wildman–Crippen LogP) is 1.17. The molecule has 1 aliphatic heterocycles. The first-order chi connectivity index (χ1) is 10.9. The molecule has 23 heavy (non-hydrogen) atoms. The van der Waals surface area contributed by atoms with Crippen molar-refractivity contribution in [1.82, 2.24) is 14.1 Å². The van der Waals surface area contributed by atoms with Gasteiger partial charge in [-0.2, -0.15) is 9.40 Å². The van der Waals surface area contributed by atoms with Crippen molar-refractivity contribution in [2.75, 3.05) is 6.54 Å². The van der Waals surface area contributed by atoms with Crippen molar-refractivity contribution >= 4 is 16.0 Å². The number of carbonyl (C=O) groups is 1. The minimum Gasteiger partial charge on any atom is -0.480 e. The zero-order valence-electron chi connectivity index (χ0n) is 12.8. The highest BCUT2D eigenvalue weighted by molar-refractivity contribution is 7.89. The number of hydrogen-bond donors (Lipinski definition) is 1. The molecule has 7 nitrogen and oxygen atoms in total. The maximum Gasteiger partial charge on any atom is 0.325 e. The van der Waals surface area contributed by atoms with E-state index in [1.165, 1.54) is 25.2 Å². The number of aliphatic carboxylic acids is 1. The Kier molecular flexibility index (Phi) is 3.49. The maximum atomic E-state index is 13.0. The van der Waals surface area contributed by atoms with Crippen LogP contribution in [0.15, 0.2) is 17.3 Å². The van der Waals surface area contributed by atoms with Crippen LogP contribution in [0.2, 0.25) is 0 Å². The minimum absolute atomic E-state index is 0.112. The van der Waals surface area contributed by atoms with Gasteiger partial charge in [0.1, 0.15) is 11.4 Å². The summed E-state index contributed by atoms with van der Waals surface area (Å²) in [7, 11) is -3.59. The summed E-state index contributed by atoms with van der Waals surface area (Å²) in [5, 5.41) is 12.7. The van der Waals surface area contributed by atoms with E-state index in [0.29, 0.717) is 24.3 Å². The van der Waals surface area contributed by atoms with Crippen LogP contribution in [0.5, 0.6) is 0 Å². The molecule has 8 heteroatoms. The standard InChI is InChI=1S/C15H21N3O4S/c19-15(20)9-17-8-13(6-16-17)23(21,22)18-7-12(10-1-2-10)5-14(18)11-3-4-11/h6,8,10-12,14H,1-5,7,9H2,(H,19,20)/t12-,14-/m1/s1. The van der Waals surface area contributed by atoms with Gasteiger partial charge in [-0.05, 0) is 49.9 Å². The molecule has 0 aromatic carbocycles. The zero-order chi connectivity index (χ0) is 16.2. The molecule has 2 saturated carbocycles. The minimum atomic E-state index is -3.59. The Hall–Kier alpha value is -1.41. The maximum absolute atomic E-state index is 13.0. The van der Waals surface area contributed by atoms with Gasteiger partial charge in [0.2, 0.25) is 10.0 Å². The molecule has 1 aromatic rings. The highest BCUT2D eigenvalue weighted by atomic mass is 32.2. The van der Waals surface area contributed by atoms with E-state index in [1.54, 1.807) is 4.31 Å². The lowest BCUT2D eigenvalue weighted by atomic mass is 9.98. The Morgan fingerprint density at radius 1 is 1.22 bits per heavy atom. The summed E-state index contributed by atoms with van der Waals surface area (Å²) < 4.78 is 28.8. The summed E-state index contributed by atoms with van der Waals surface area (Å²) in [6, 6.07) is 0.119. The van der Waals surface area contributed by atoms with Crippen molar-refractivity contribution in [3.8, 4) is 0 Å². The lowest BCUT2D eigenvalue weighted by Gasteiger charge is -2.23. The largest absolute Gasteiger partial charge is 0.480 e. The first-order valence-corrected chi connectivity index (χ1v) is 9.65. The number of rotatable bonds is 6. The van der Waals surface area contributed by atoms with Crippen LogP contribution >= 0.6 is 0 Å². The van der Waals surface area contributed by atoms with E-state index in [4.69, 9.17) is 5.11 Å². The summed E-state index contributed by atoms with van der Waals surface area (Å²) in [5.74, 6) is 0.654. The van der Waals surface area contributed by atoms with E-state index in [-0.39, 0.29) is 17.5 Å². The van der Waals surface area contributed by atoms with E-state index in [9.17, 15) is 13.2 Å². The van der Waals surface area contributed by atoms with Crippen molar-refractivity contribution in [1.29, 1.82) is 0 Å². The molecule has 126 valence electrons. The Morgan fingerprint density at radius 2 is 1.91 bits per heavy atom. The molecule has 1 N–H and O–H groups in total. The fourth-order valence-electron chi connectivity index (χ4n) is 3.80. The van der Waals surface area contributed by atoms with Crippen molar-refractivity contribution in [2.24, 2.45) is 17.8 Å². The molecular formula is C15H21N3O4S. The molecule has 0 bridgehead atoms. The monoisotopic (exact) mass is 339 g/mol. The molecule has 1 saturated heterocycles. The summed E-state index contributed by atoms with van der Waals surface area (Å²) in [6.45, 7) is 0.282. The van der Waals surface area contributed by atoms with Crippen LogP contribution in [-0.2, 0) is 21.4 Å². The van der Waals surface area contributed by atoms with Gasteiger partial charge < -0.3 is 5.11 Å². The fourth-order valence-corrected chi connectivity index (χ4v) is 5.51. The van der Waals surface area contributed by atoms with Gasteiger partial charge in [-0.25, -0.2) is 8.42 Å². The third-order valence-electron chi connectivity index (χ3n) is 5.30. The molecule has 1 aromatic heterocycles. The second-order valence-corrected chi connectivity index (χ2v) is 8.97. The highest BCUT2D eigenvalue weighted by Gasteiger charge is 2.50. The Morgan fingerprint density at radius 3 is 2.52 bits per heavy atom. The van der Waals surface area contributed by atoms with E-state index in [1.807, 2.05) is 0 Å². The molecule has 4 rings (SSSR count). The lowest BCUT2D eigenvalue weighted by molar-refractivity contribution is -0.137. The van der Waals surface area contributed by atoms with Gasteiger partial charge in [-0.3, -0.25) is 9.48 Å². The molecule has 2 aliphatic carbocycles.